The molecular formula is C14H14ClN3O. The molecule has 1 aromatic carbocycles. The molecule has 1 aromatic heterocycles. The first-order chi connectivity index (χ1) is 8.90. The topological polar surface area (TPSA) is 71.9 Å². The zero-order valence-electron chi connectivity index (χ0n) is 10.7. The van der Waals surface area contributed by atoms with Crippen LogP contribution in [0.15, 0.2) is 35.3 Å². The van der Waals surface area contributed by atoms with Crippen molar-refractivity contribution in [3.05, 3.63) is 62.5 Å². The van der Waals surface area contributed by atoms with E-state index in [1.165, 1.54) is 6.07 Å². The van der Waals surface area contributed by atoms with Gasteiger partial charge in [0, 0.05) is 28.7 Å². The molecule has 19 heavy (non-hydrogen) atoms. The van der Waals surface area contributed by atoms with Gasteiger partial charge in [-0.2, -0.15) is 0 Å². The van der Waals surface area contributed by atoms with Crippen molar-refractivity contribution in [1.82, 2.24) is 4.57 Å². The number of rotatable bonds is 2. The van der Waals surface area contributed by atoms with Crippen molar-refractivity contribution in [3.8, 4) is 5.69 Å². The minimum absolute atomic E-state index is 0.183. The Morgan fingerprint density at radius 1 is 1.32 bits per heavy atom. The van der Waals surface area contributed by atoms with Gasteiger partial charge in [0.2, 0.25) is 0 Å². The number of amidine groups is 1. The molecule has 0 fully saturated rings. The van der Waals surface area contributed by atoms with Gasteiger partial charge in [0.1, 0.15) is 5.84 Å². The summed E-state index contributed by atoms with van der Waals surface area (Å²) in [5, 5.41) is 8.07. The predicted octanol–water partition coefficient (Wildman–Crippen LogP) is 2.39. The third-order valence-electron chi connectivity index (χ3n) is 2.97. The lowest BCUT2D eigenvalue weighted by atomic mass is 10.2. The smallest absolute Gasteiger partial charge is 0.192 e. The van der Waals surface area contributed by atoms with E-state index in [4.69, 9.17) is 22.7 Å². The Hall–Kier alpha value is -2.07. The van der Waals surface area contributed by atoms with Crippen molar-refractivity contribution in [2.24, 2.45) is 5.73 Å². The van der Waals surface area contributed by atoms with Gasteiger partial charge in [-0.25, -0.2) is 0 Å². The molecule has 5 heteroatoms. The first-order valence-electron chi connectivity index (χ1n) is 5.74. The van der Waals surface area contributed by atoms with Crippen LogP contribution in [0.3, 0.4) is 0 Å². The van der Waals surface area contributed by atoms with E-state index in [1.807, 2.05) is 32.0 Å². The maximum absolute atomic E-state index is 11.7. The van der Waals surface area contributed by atoms with Gasteiger partial charge in [-0.1, -0.05) is 17.7 Å². The summed E-state index contributed by atoms with van der Waals surface area (Å²) in [6.45, 7) is 3.74. The van der Waals surface area contributed by atoms with Gasteiger partial charge >= 0.3 is 0 Å². The second kappa shape index (κ2) is 4.90. The second-order valence-electron chi connectivity index (χ2n) is 4.41. The van der Waals surface area contributed by atoms with E-state index < -0.39 is 0 Å². The minimum Gasteiger partial charge on any atom is -0.384 e. The average Bonchev–Trinajstić information content (AvgIpc) is 2.32. The summed E-state index contributed by atoms with van der Waals surface area (Å²) in [5.41, 5.74) is 7.91. The van der Waals surface area contributed by atoms with Crippen LogP contribution in [0.1, 0.15) is 16.8 Å². The zero-order valence-corrected chi connectivity index (χ0v) is 11.5. The average molecular weight is 276 g/mol. The molecule has 0 saturated carbocycles. The lowest BCUT2D eigenvalue weighted by Gasteiger charge is -2.13. The van der Waals surface area contributed by atoms with Gasteiger partial charge in [0.25, 0.3) is 0 Å². The fourth-order valence-corrected chi connectivity index (χ4v) is 2.02. The lowest BCUT2D eigenvalue weighted by Crippen LogP contribution is -2.23. The molecule has 0 atom stereocenters. The Labute approximate surface area is 116 Å². The summed E-state index contributed by atoms with van der Waals surface area (Å²) in [4.78, 5) is 11.7. The second-order valence-corrected chi connectivity index (χ2v) is 4.82. The highest BCUT2D eigenvalue weighted by Gasteiger charge is 2.08. The van der Waals surface area contributed by atoms with Gasteiger partial charge in [-0.3, -0.25) is 10.2 Å². The van der Waals surface area contributed by atoms with Crippen LogP contribution >= 0.6 is 11.6 Å². The summed E-state index contributed by atoms with van der Waals surface area (Å²) in [6, 6.07) is 7.09. The maximum Gasteiger partial charge on any atom is 0.192 e. The number of benzene rings is 1. The molecule has 98 valence electrons. The van der Waals surface area contributed by atoms with Gasteiger partial charge in [-0.15, -0.1) is 0 Å². The number of nitrogen functional groups attached to an aromatic ring is 1. The number of aryl methyl sites for hydroxylation is 2. The predicted molar refractivity (Wildman–Crippen MR) is 77.5 cm³/mol. The maximum atomic E-state index is 11.7. The number of nitrogens with one attached hydrogen (secondary N) is 1. The van der Waals surface area contributed by atoms with E-state index in [0.29, 0.717) is 5.02 Å². The number of nitrogens with two attached hydrogens (primary N) is 1. The van der Waals surface area contributed by atoms with Crippen LogP contribution in [-0.4, -0.2) is 10.4 Å². The fraction of sp³-hybridized carbons (Fsp3) is 0.143. The van der Waals surface area contributed by atoms with Gasteiger partial charge in [-0.05, 0) is 31.5 Å². The molecule has 0 aliphatic carbocycles. The Morgan fingerprint density at radius 2 is 2.00 bits per heavy atom. The molecule has 2 aromatic rings. The normalized spacial score (nSPS) is 10.5. The third kappa shape index (κ3) is 2.53. The number of pyridine rings is 1. The van der Waals surface area contributed by atoms with Crippen molar-refractivity contribution >= 4 is 17.4 Å². The zero-order chi connectivity index (χ0) is 14.2. The number of hydrogen-bond acceptors (Lipinski definition) is 2. The molecule has 0 aliphatic heterocycles. The molecular weight excluding hydrogens is 262 g/mol. The van der Waals surface area contributed by atoms with Crippen molar-refractivity contribution < 1.29 is 0 Å². The van der Waals surface area contributed by atoms with E-state index in [2.05, 4.69) is 0 Å². The van der Waals surface area contributed by atoms with Gasteiger partial charge < -0.3 is 10.3 Å². The highest BCUT2D eigenvalue weighted by Crippen LogP contribution is 2.20. The summed E-state index contributed by atoms with van der Waals surface area (Å²) in [6.07, 6.45) is 1.57. The molecule has 0 radical (unpaired) electrons. The molecule has 0 aliphatic rings. The van der Waals surface area contributed by atoms with Crippen LogP contribution in [0, 0.1) is 19.3 Å². The van der Waals surface area contributed by atoms with Crippen molar-refractivity contribution in [1.29, 1.82) is 5.41 Å². The highest BCUT2D eigenvalue weighted by atomic mass is 35.5. The van der Waals surface area contributed by atoms with Crippen molar-refractivity contribution in [2.75, 3.05) is 0 Å². The van der Waals surface area contributed by atoms with Crippen LogP contribution in [0.5, 0.6) is 0 Å². The SMILES string of the molecule is Cc1ccc(-n2cc(C(=N)N)c(=O)cc2C)cc1Cl. The summed E-state index contributed by atoms with van der Waals surface area (Å²) < 4.78 is 1.80. The van der Waals surface area contributed by atoms with E-state index in [9.17, 15) is 4.79 Å². The first kappa shape index (κ1) is 13.4. The van der Waals surface area contributed by atoms with Crippen molar-refractivity contribution in [2.45, 2.75) is 13.8 Å². The molecule has 0 amide bonds. The Morgan fingerprint density at radius 3 is 2.58 bits per heavy atom. The number of nitrogens with zero attached hydrogens (tertiary/aromatic N) is 1. The van der Waals surface area contributed by atoms with Crippen LogP contribution in [-0.2, 0) is 0 Å². The van der Waals surface area contributed by atoms with Gasteiger partial charge in [0.15, 0.2) is 5.43 Å². The Balaban J connectivity index is 2.68. The first-order valence-corrected chi connectivity index (χ1v) is 6.12. The molecule has 2 rings (SSSR count). The Kier molecular flexibility index (Phi) is 3.44. The van der Waals surface area contributed by atoms with E-state index in [-0.39, 0.29) is 16.8 Å². The van der Waals surface area contributed by atoms with Gasteiger partial charge in [0.05, 0.1) is 5.56 Å². The molecule has 0 spiro atoms. The molecule has 1 heterocycles. The van der Waals surface area contributed by atoms with Crippen molar-refractivity contribution in [3.63, 3.8) is 0 Å². The molecule has 3 N–H and O–H groups in total. The van der Waals surface area contributed by atoms with Crippen LogP contribution in [0.25, 0.3) is 5.69 Å². The monoisotopic (exact) mass is 275 g/mol. The number of hydrogen-bond donors (Lipinski definition) is 2. The molecule has 4 nitrogen and oxygen atoms in total. The summed E-state index contributed by atoms with van der Waals surface area (Å²) >= 11 is 6.11. The standard InChI is InChI=1S/C14H14ClN3O/c1-8-3-4-10(6-12(8)15)18-7-11(14(16)17)13(19)5-9(18)2/h3-7H,1-2H3,(H3,16,17). The molecule has 0 unspecified atom stereocenters. The number of aromatic nitrogens is 1. The fourth-order valence-electron chi connectivity index (χ4n) is 1.84. The summed E-state index contributed by atoms with van der Waals surface area (Å²) in [7, 11) is 0. The highest BCUT2D eigenvalue weighted by molar-refractivity contribution is 6.31. The molecule has 0 saturated heterocycles. The van der Waals surface area contributed by atoms with Crippen LogP contribution in [0.2, 0.25) is 5.02 Å². The third-order valence-corrected chi connectivity index (χ3v) is 3.37. The van der Waals surface area contributed by atoms with E-state index in [0.717, 1.165) is 16.9 Å². The van der Waals surface area contributed by atoms with Crippen LogP contribution < -0.4 is 11.2 Å². The Bertz CT molecular complexity index is 719. The van der Waals surface area contributed by atoms with E-state index in [1.54, 1.807) is 10.8 Å². The largest absolute Gasteiger partial charge is 0.384 e. The quantitative estimate of drug-likeness (QED) is 0.652. The van der Waals surface area contributed by atoms with E-state index >= 15 is 0 Å². The molecule has 0 bridgehead atoms. The van der Waals surface area contributed by atoms with Crippen LogP contribution in [0.4, 0.5) is 0 Å². The summed E-state index contributed by atoms with van der Waals surface area (Å²) in [5.74, 6) is -0.239. The number of halogens is 1. The lowest BCUT2D eigenvalue weighted by molar-refractivity contribution is 0.967. The minimum atomic E-state index is -0.251.